The van der Waals surface area contributed by atoms with Crippen molar-refractivity contribution in [3.8, 4) is 0 Å². The molecule has 1 aliphatic heterocycles. The Morgan fingerprint density at radius 3 is 2.55 bits per heavy atom. The molecule has 0 saturated carbocycles. The molecule has 1 unspecified atom stereocenters. The van der Waals surface area contributed by atoms with Gasteiger partial charge in [-0.1, -0.05) is 63.2 Å². The fraction of sp³-hybridized carbons (Fsp3) is 0.393. The fourth-order valence-corrected chi connectivity index (χ4v) is 5.40. The third-order valence-electron chi connectivity index (χ3n) is 7.31. The lowest BCUT2D eigenvalue weighted by Crippen LogP contribution is -2.56. The average Bonchev–Trinajstić information content (AvgIpc) is 3.20. The first-order valence-electron chi connectivity index (χ1n) is 11.9. The summed E-state index contributed by atoms with van der Waals surface area (Å²) in [6.07, 6.45) is 5.66. The van der Waals surface area contributed by atoms with Gasteiger partial charge < -0.3 is 10.1 Å². The summed E-state index contributed by atoms with van der Waals surface area (Å²) in [6.45, 7) is 6.80. The lowest BCUT2D eigenvalue weighted by Gasteiger charge is -2.52. The highest BCUT2D eigenvalue weighted by molar-refractivity contribution is 5.86. The number of halogens is 1. The smallest absolute Gasteiger partial charge is 0.328 e. The highest BCUT2D eigenvalue weighted by Crippen LogP contribution is 2.47. The van der Waals surface area contributed by atoms with Crippen LogP contribution >= 0.6 is 0 Å². The van der Waals surface area contributed by atoms with Gasteiger partial charge in [0.05, 0.1) is 12.7 Å². The molecular weight excluding hydrogens is 415 g/mol. The maximum Gasteiger partial charge on any atom is 0.328 e. The molecule has 0 radical (unpaired) electrons. The van der Waals surface area contributed by atoms with E-state index in [0.717, 1.165) is 42.0 Å². The summed E-state index contributed by atoms with van der Waals surface area (Å²) in [5.74, 6) is -1.02. The second-order valence-electron chi connectivity index (χ2n) is 9.32. The Hall–Kier alpha value is -2.92. The number of aliphatic carboxylic acids is 1. The van der Waals surface area contributed by atoms with E-state index in [-0.39, 0.29) is 24.2 Å². The number of aromatic amines is 1. The van der Waals surface area contributed by atoms with Crippen molar-refractivity contribution in [2.24, 2.45) is 5.92 Å². The van der Waals surface area contributed by atoms with Crippen molar-refractivity contribution in [3.05, 3.63) is 77.0 Å². The molecule has 0 aliphatic carbocycles. The van der Waals surface area contributed by atoms with Crippen molar-refractivity contribution in [3.63, 3.8) is 0 Å². The van der Waals surface area contributed by atoms with E-state index in [1.165, 1.54) is 16.6 Å². The third-order valence-corrected chi connectivity index (χ3v) is 7.31. The third kappa shape index (κ3) is 4.34. The summed E-state index contributed by atoms with van der Waals surface area (Å²) >= 11 is 0. The van der Waals surface area contributed by atoms with Gasteiger partial charge in [0.25, 0.3) is 0 Å². The zero-order chi connectivity index (χ0) is 23.6. The molecule has 2 aromatic carbocycles. The van der Waals surface area contributed by atoms with Crippen LogP contribution in [0.15, 0.2) is 54.6 Å². The van der Waals surface area contributed by atoms with Crippen LogP contribution in [0.3, 0.4) is 0 Å². The van der Waals surface area contributed by atoms with Crippen LogP contribution in [0.2, 0.25) is 0 Å². The van der Waals surface area contributed by atoms with Gasteiger partial charge in [0.2, 0.25) is 0 Å². The summed E-state index contributed by atoms with van der Waals surface area (Å²) < 4.78 is 13.7. The van der Waals surface area contributed by atoms with E-state index in [2.05, 4.69) is 60.1 Å². The van der Waals surface area contributed by atoms with E-state index >= 15 is 0 Å². The van der Waals surface area contributed by atoms with Gasteiger partial charge in [0.1, 0.15) is 0 Å². The van der Waals surface area contributed by atoms with Crippen LogP contribution in [0.25, 0.3) is 17.0 Å². The molecule has 0 spiro atoms. The summed E-state index contributed by atoms with van der Waals surface area (Å²) in [4.78, 5) is 17.1. The minimum Gasteiger partial charge on any atom is -0.478 e. The molecule has 0 amide bonds. The molecule has 33 heavy (non-hydrogen) atoms. The number of carboxylic acid groups (broad SMARTS) is 1. The van der Waals surface area contributed by atoms with Crippen LogP contribution in [0.1, 0.15) is 62.0 Å². The Labute approximate surface area is 195 Å². The molecule has 4 rings (SSSR count). The standard InChI is InChI=1S/C28H33FN2O2/c1-4-28(5-2)16-23-22-8-6-7-9-24(22)30-26(23)27(31(28)18-19(3)17-29)21-13-10-20(11-14-21)12-15-25(32)33/h6-15,19,27,30H,4-5,16-18H2,1-3H3,(H,32,33)/t19-,27?/m1/s1. The van der Waals surface area contributed by atoms with E-state index < -0.39 is 5.97 Å². The van der Waals surface area contributed by atoms with Crippen molar-refractivity contribution in [1.82, 2.24) is 9.88 Å². The molecule has 2 N–H and O–H groups in total. The number of carbonyl (C=O) groups is 1. The van der Waals surface area contributed by atoms with Crippen molar-refractivity contribution in [2.75, 3.05) is 13.2 Å². The molecule has 2 heterocycles. The number of H-pyrrole nitrogens is 1. The van der Waals surface area contributed by atoms with Crippen LogP contribution in [0, 0.1) is 5.92 Å². The average molecular weight is 449 g/mol. The minimum absolute atomic E-state index is 0.0208. The van der Waals surface area contributed by atoms with Crippen LogP contribution in [0.5, 0.6) is 0 Å². The Morgan fingerprint density at radius 2 is 1.91 bits per heavy atom. The maximum absolute atomic E-state index is 13.7. The number of fused-ring (bicyclic) bond motifs is 3. The molecule has 1 aromatic heterocycles. The van der Waals surface area contributed by atoms with E-state index in [9.17, 15) is 9.18 Å². The van der Waals surface area contributed by atoms with Gasteiger partial charge in [0, 0.05) is 34.8 Å². The van der Waals surface area contributed by atoms with E-state index in [1.807, 2.05) is 19.1 Å². The van der Waals surface area contributed by atoms with Crippen molar-refractivity contribution in [1.29, 1.82) is 0 Å². The SMILES string of the molecule is CCC1(CC)Cc2c([nH]c3ccccc23)C(c2ccc(C=CC(=O)O)cc2)N1C[C@H](C)CF. The summed E-state index contributed by atoms with van der Waals surface area (Å²) in [6, 6.07) is 16.5. The highest BCUT2D eigenvalue weighted by Gasteiger charge is 2.45. The monoisotopic (exact) mass is 448 g/mol. The van der Waals surface area contributed by atoms with Gasteiger partial charge in [-0.05, 0) is 54.0 Å². The van der Waals surface area contributed by atoms with Gasteiger partial charge in [-0.15, -0.1) is 0 Å². The van der Waals surface area contributed by atoms with Gasteiger partial charge in [-0.3, -0.25) is 9.29 Å². The first kappa shape index (κ1) is 23.2. The number of para-hydroxylation sites is 1. The zero-order valence-electron chi connectivity index (χ0n) is 19.6. The molecular formula is C28H33FN2O2. The molecule has 4 nitrogen and oxygen atoms in total. The van der Waals surface area contributed by atoms with E-state index in [1.54, 1.807) is 6.08 Å². The number of rotatable bonds is 8. The predicted octanol–water partition coefficient (Wildman–Crippen LogP) is 6.38. The fourth-order valence-electron chi connectivity index (χ4n) is 5.40. The normalized spacial score (nSPS) is 19.1. The topological polar surface area (TPSA) is 56.3 Å². The van der Waals surface area contributed by atoms with Crippen molar-refractivity contribution in [2.45, 2.75) is 51.6 Å². The van der Waals surface area contributed by atoms with Gasteiger partial charge in [-0.2, -0.15) is 0 Å². The Bertz CT molecular complexity index is 1140. The molecule has 174 valence electrons. The Morgan fingerprint density at radius 1 is 1.21 bits per heavy atom. The Balaban J connectivity index is 1.89. The largest absolute Gasteiger partial charge is 0.478 e. The molecule has 2 atom stereocenters. The minimum atomic E-state index is -0.962. The Kier molecular flexibility index (Phi) is 6.71. The molecule has 0 saturated heterocycles. The first-order chi connectivity index (χ1) is 15.9. The van der Waals surface area contributed by atoms with Crippen LogP contribution in [-0.4, -0.2) is 39.7 Å². The molecule has 1 aliphatic rings. The number of alkyl halides is 1. The molecule has 0 bridgehead atoms. The maximum atomic E-state index is 13.7. The second-order valence-corrected chi connectivity index (χ2v) is 9.32. The quantitative estimate of drug-likeness (QED) is 0.393. The van der Waals surface area contributed by atoms with Crippen LogP contribution < -0.4 is 0 Å². The number of hydrogen-bond acceptors (Lipinski definition) is 2. The zero-order valence-corrected chi connectivity index (χ0v) is 19.6. The van der Waals surface area contributed by atoms with Crippen molar-refractivity contribution >= 4 is 22.9 Å². The van der Waals surface area contributed by atoms with Crippen LogP contribution in [0.4, 0.5) is 4.39 Å². The lowest BCUT2D eigenvalue weighted by atomic mass is 9.75. The summed E-state index contributed by atoms with van der Waals surface area (Å²) in [5.41, 5.74) is 5.59. The first-order valence-corrected chi connectivity index (χ1v) is 11.9. The van der Waals surface area contributed by atoms with Gasteiger partial charge in [-0.25, -0.2) is 4.79 Å². The molecule has 3 aromatic rings. The van der Waals surface area contributed by atoms with E-state index in [4.69, 9.17) is 5.11 Å². The number of nitrogens with one attached hydrogen (secondary N) is 1. The van der Waals surface area contributed by atoms with E-state index in [0.29, 0.717) is 6.54 Å². The molecule has 0 fully saturated rings. The van der Waals surface area contributed by atoms with Gasteiger partial charge >= 0.3 is 5.97 Å². The van der Waals surface area contributed by atoms with Crippen molar-refractivity contribution < 1.29 is 14.3 Å². The number of nitrogens with zero attached hydrogens (tertiary/aromatic N) is 1. The predicted molar refractivity (Wildman–Crippen MR) is 132 cm³/mol. The number of hydrogen-bond donors (Lipinski definition) is 2. The number of benzene rings is 2. The lowest BCUT2D eigenvalue weighted by molar-refractivity contribution is -0.131. The summed E-state index contributed by atoms with van der Waals surface area (Å²) in [5, 5.41) is 10.2. The van der Waals surface area contributed by atoms with Gasteiger partial charge in [0.15, 0.2) is 0 Å². The number of aromatic nitrogens is 1. The summed E-state index contributed by atoms with van der Waals surface area (Å²) in [7, 11) is 0. The second kappa shape index (κ2) is 9.52. The highest BCUT2D eigenvalue weighted by atomic mass is 19.1. The van der Waals surface area contributed by atoms with Crippen LogP contribution in [-0.2, 0) is 11.2 Å². The number of carboxylic acids is 1. The molecule has 5 heteroatoms.